The van der Waals surface area contributed by atoms with Gasteiger partial charge in [0, 0.05) is 12.6 Å². The molecule has 2 bridgehead atoms. The number of fused-ring (bicyclic) bond motifs is 3. The Morgan fingerprint density at radius 2 is 1.70 bits per heavy atom. The summed E-state index contributed by atoms with van der Waals surface area (Å²) in [5, 5.41) is 22.7. The molecule has 3 heteroatoms. The molecule has 0 heterocycles. The van der Waals surface area contributed by atoms with Gasteiger partial charge in [-0.05, 0) is 55.6 Å². The molecule has 0 aliphatic heterocycles. The second-order valence-corrected chi connectivity index (χ2v) is 6.84. The molecule has 3 nitrogen and oxygen atoms in total. The molecule has 3 atom stereocenters. The van der Waals surface area contributed by atoms with Gasteiger partial charge in [-0.25, -0.2) is 0 Å². The fourth-order valence-corrected chi connectivity index (χ4v) is 3.88. The van der Waals surface area contributed by atoms with E-state index >= 15 is 0 Å². The van der Waals surface area contributed by atoms with Crippen LogP contribution in [0, 0.1) is 11.8 Å². The third-order valence-electron chi connectivity index (χ3n) is 5.07. The summed E-state index contributed by atoms with van der Waals surface area (Å²) in [4.78, 5) is 0. The number of hydrogen-bond acceptors (Lipinski definition) is 3. The van der Waals surface area contributed by atoms with E-state index < -0.39 is 5.60 Å². The fraction of sp³-hybridized carbons (Fsp3) is 0.647. The van der Waals surface area contributed by atoms with E-state index in [-0.39, 0.29) is 6.61 Å². The molecule has 1 fully saturated rings. The molecule has 2 aliphatic rings. The molecule has 0 spiro atoms. The number of benzene rings is 1. The first-order valence-electron chi connectivity index (χ1n) is 7.72. The molecular weight excluding hydrogens is 250 g/mol. The number of rotatable bonds is 4. The van der Waals surface area contributed by atoms with Gasteiger partial charge in [-0.1, -0.05) is 24.3 Å². The Kier molecular flexibility index (Phi) is 3.85. The Balaban J connectivity index is 1.73. The molecule has 2 aliphatic carbocycles. The highest BCUT2D eigenvalue weighted by Gasteiger charge is 2.39. The van der Waals surface area contributed by atoms with Gasteiger partial charge in [0.15, 0.2) is 0 Å². The minimum atomic E-state index is -1.02. The standard InChI is InChI=1S/C17H25NO2/c1-17(20,11-19)10-18-16-14-6-7-15(16)9-13-5-3-2-4-12(13)8-14/h2-5,14-16,18-20H,6-11H2,1H3. The van der Waals surface area contributed by atoms with Crippen LogP contribution < -0.4 is 5.32 Å². The molecule has 3 N–H and O–H groups in total. The van der Waals surface area contributed by atoms with Gasteiger partial charge in [0.05, 0.1) is 12.2 Å². The molecule has 0 radical (unpaired) electrons. The monoisotopic (exact) mass is 275 g/mol. The summed E-state index contributed by atoms with van der Waals surface area (Å²) in [6, 6.07) is 9.27. The summed E-state index contributed by atoms with van der Waals surface area (Å²) in [6.45, 7) is 1.97. The van der Waals surface area contributed by atoms with E-state index in [0.717, 1.165) is 12.8 Å². The van der Waals surface area contributed by atoms with Crippen molar-refractivity contribution in [2.45, 2.75) is 44.2 Å². The lowest BCUT2D eigenvalue weighted by Crippen LogP contribution is -2.48. The Morgan fingerprint density at radius 1 is 1.15 bits per heavy atom. The van der Waals surface area contributed by atoms with Crippen molar-refractivity contribution in [3.05, 3.63) is 35.4 Å². The minimum absolute atomic E-state index is 0.192. The van der Waals surface area contributed by atoms with Crippen molar-refractivity contribution in [3.63, 3.8) is 0 Å². The van der Waals surface area contributed by atoms with Crippen LogP contribution >= 0.6 is 0 Å². The van der Waals surface area contributed by atoms with Gasteiger partial charge >= 0.3 is 0 Å². The minimum Gasteiger partial charge on any atom is -0.393 e. The maximum atomic E-state index is 9.98. The van der Waals surface area contributed by atoms with Gasteiger partial charge in [0.1, 0.15) is 0 Å². The molecule has 0 saturated heterocycles. The van der Waals surface area contributed by atoms with Crippen LogP contribution in [-0.2, 0) is 12.8 Å². The second kappa shape index (κ2) is 5.47. The van der Waals surface area contributed by atoms with Gasteiger partial charge in [-0.3, -0.25) is 0 Å². The van der Waals surface area contributed by atoms with Gasteiger partial charge in [-0.15, -0.1) is 0 Å². The Hall–Kier alpha value is -0.900. The van der Waals surface area contributed by atoms with Crippen LogP contribution in [0.1, 0.15) is 30.9 Å². The predicted octanol–water partition coefficient (Wildman–Crippen LogP) is 1.51. The summed E-state index contributed by atoms with van der Waals surface area (Å²) in [6.07, 6.45) is 4.84. The van der Waals surface area contributed by atoms with Crippen LogP contribution in [0.25, 0.3) is 0 Å². The third kappa shape index (κ3) is 2.76. The highest BCUT2D eigenvalue weighted by atomic mass is 16.3. The summed E-state index contributed by atoms with van der Waals surface area (Å²) >= 11 is 0. The largest absolute Gasteiger partial charge is 0.393 e. The van der Waals surface area contributed by atoms with Crippen molar-refractivity contribution in [2.24, 2.45) is 11.8 Å². The topological polar surface area (TPSA) is 52.5 Å². The zero-order chi connectivity index (χ0) is 14.2. The average molecular weight is 275 g/mol. The molecule has 3 unspecified atom stereocenters. The number of hydrogen-bond donors (Lipinski definition) is 3. The molecule has 0 amide bonds. The maximum absolute atomic E-state index is 9.98. The Labute approximate surface area is 121 Å². The first-order chi connectivity index (χ1) is 9.59. The molecule has 1 saturated carbocycles. The Morgan fingerprint density at radius 3 is 2.20 bits per heavy atom. The van der Waals surface area contributed by atoms with E-state index in [2.05, 4.69) is 29.6 Å². The van der Waals surface area contributed by atoms with Crippen LogP contribution in [0.4, 0.5) is 0 Å². The SMILES string of the molecule is CC(O)(CO)CNC1C2CCC1Cc1ccccc1C2. The summed E-state index contributed by atoms with van der Waals surface area (Å²) in [5.41, 5.74) is 1.99. The summed E-state index contributed by atoms with van der Waals surface area (Å²) in [7, 11) is 0. The van der Waals surface area contributed by atoms with Crippen molar-refractivity contribution >= 4 is 0 Å². The lowest BCUT2D eigenvalue weighted by atomic mass is 9.94. The van der Waals surface area contributed by atoms with E-state index in [1.807, 2.05) is 0 Å². The average Bonchev–Trinajstić information content (AvgIpc) is 2.71. The van der Waals surface area contributed by atoms with Crippen molar-refractivity contribution in [3.8, 4) is 0 Å². The predicted molar refractivity (Wildman–Crippen MR) is 79.6 cm³/mol. The summed E-state index contributed by atoms with van der Waals surface area (Å²) in [5.74, 6) is 1.33. The number of aliphatic hydroxyl groups excluding tert-OH is 1. The maximum Gasteiger partial charge on any atom is 0.0972 e. The van der Waals surface area contributed by atoms with Crippen LogP contribution in [0.2, 0.25) is 0 Å². The molecule has 1 aromatic carbocycles. The van der Waals surface area contributed by atoms with Crippen molar-refractivity contribution < 1.29 is 10.2 Å². The molecule has 0 aromatic heterocycles. The molecule has 110 valence electrons. The zero-order valence-electron chi connectivity index (χ0n) is 12.2. The van der Waals surface area contributed by atoms with Crippen LogP contribution in [0.5, 0.6) is 0 Å². The highest BCUT2D eigenvalue weighted by Crippen LogP contribution is 2.40. The van der Waals surface area contributed by atoms with E-state index in [1.54, 1.807) is 6.92 Å². The van der Waals surface area contributed by atoms with Gasteiger partial charge < -0.3 is 15.5 Å². The van der Waals surface area contributed by atoms with E-state index in [0.29, 0.717) is 24.4 Å². The summed E-state index contributed by atoms with van der Waals surface area (Å²) < 4.78 is 0. The zero-order valence-corrected chi connectivity index (χ0v) is 12.2. The van der Waals surface area contributed by atoms with Gasteiger partial charge in [0.2, 0.25) is 0 Å². The smallest absolute Gasteiger partial charge is 0.0972 e. The molecule has 3 rings (SSSR count). The fourth-order valence-electron chi connectivity index (χ4n) is 3.88. The van der Waals surface area contributed by atoms with Crippen molar-refractivity contribution in [1.82, 2.24) is 5.32 Å². The van der Waals surface area contributed by atoms with Crippen LogP contribution in [-0.4, -0.2) is 35.0 Å². The molecule has 20 heavy (non-hydrogen) atoms. The van der Waals surface area contributed by atoms with E-state index in [1.165, 1.54) is 24.0 Å². The lowest BCUT2D eigenvalue weighted by molar-refractivity contribution is -0.00120. The second-order valence-electron chi connectivity index (χ2n) is 6.84. The van der Waals surface area contributed by atoms with E-state index in [9.17, 15) is 10.2 Å². The normalized spacial score (nSPS) is 31.4. The van der Waals surface area contributed by atoms with Gasteiger partial charge in [0.25, 0.3) is 0 Å². The number of aliphatic hydroxyl groups is 2. The van der Waals surface area contributed by atoms with Crippen LogP contribution in [0.15, 0.2) is 24.3 Å². The Bertz CT molecular complexity index is 439. The molecular formula is C17H25NO2. The number of nitrogens with one attached hydrogen (secondary N) is 1. The van der Waals surface area contributed by atoms with Crippen molar-refractivity contribution in [2.75, 3.05) is 13.2 Å². The first kappa shape index (κ1) is 14.1. The van der Waals surface area contributed by atoms with Gasteiger partial charge in [-0.2, -0.15) is 0 Å². The molecule has 1 aromatic rings. The van der Waals surface area contributed by atoms with Crippen LogP contribution in [0.3, 0.4) is 0 Å². The van der Waals surface area contributed by atoms with Crippen molar-refractivity contribution in [1.29, 1.82) is 0 Å². The highest BCUT2D eigenvalue weighted by molar-refractivity contribution is 5.30. The first-order valence-corrected chi connectivity index (χ1v) is 7.72. The quantitative estimate of drug-likeness (QED) is 0.781. The van der Waals surface area contributed by atoms with E-state index in [4.69, 9.17) is 0 Å². The third-order valence-corrected chi connectivity index (χ3v) is 5.07. The lowest BCUT2D eigenvalue weighted by Gasteiger charge is -2.28.